The van der Waals surface area contributed by atoms with Crippen LogP contribution in [0.5, 0.6) is 0 Å². The van der Waals surface area contributed by atoms with Crippen LogP contribution in [0.4, 0.5) is 0 Å². The van der Waals surface area contributed by atoms with Gasteiger partial charge in [0.25, 0.3) is 0 Å². The monoisotopic (exact) mass is 215 g/mol. The Morgan fingerprint density at radius 1 is 0.812 bits per heavy atom. The molecule has 2 atom stereocenters. The van der Waals surface area contributed by atoms with Crippen molar-refractivity contribution in [3.63, 3.8) is 0 Å². The minimum absolute atomic E-state index is 0.471. The zero-order valence-electron chi connectivity index (χ0n) is 8.69. The second-order valence-electron chi connectivity index (χ2n) is 3.55. The van der Waals surface area contributed by atoms with E-state index in [0.29, 0.717) is 11.3 Å². The molecule has 0 aliphatic heterocycles. The van der Waals surface area contributed by atoms with Gasteiger partial charge in [0.1, 0.15) is 12.2 Å². The standard InChI is InChI=1S/C13H13NO2/c15-12(10-6-2-1-3-7-10)13(16)11-8-4-5-9-14-11/h1-9,12-13,15-16H/t12-,13-/m0/s1. The molecule has 0 saturated heterocycles. The second kappa shape index (κ2) is 4.88. The van der Waals surface area contributed by atoms with E-state index in [9.17, 15) is 10.2 Å². The zero-order valence-corrected chi connectivity index (χ0v) is 8.69. The Kier molecular flexibility index (Phi) is 3.29. The van der Waals surface area contributed by atoms with Crippen molar-refractivity contribution >= 4 is 0 Å². The van der Waals surface area contributed by atoms with Crippen molar-refractivity contribution in [2.75, 3.05) is 0 Å². The fourth-order valence-corrected chi connectivity index (χ4v) is 1.55. The predicted octanol–water partition coefficient (Wildman–Crippen LogP) is 1.85. The van der Waals surface area contributed by atoms with E-state index < -0.39 is 12.2 Å². The van der Waals surface area contributed by atoms with E-state index in [1.165, 1.54) is 0 Å². The Balaban J connectivity index is 2.20. The Morgan fingerprint density at radius 3 is 2.12 bits per heavy atom. The molecule has 16 heavy (non-hydrogen) atoms. The summed E-state index contributed by atoms with van der Waals surface area (Å²) in [5.74, 6) is 0. The molecule has 0 saturated carbocycles. The predicted molar refractivity (Wildman–Crippen MR) is 60.6 cm³/mol. The van der Waals surface area contributed by atoms with Crippen LogP contribution >= 0.6 is 0 Å². The van der Waals surface area contributed by atoms with Crippen molar-refractivity contribution in [3.05, 3.63) is 66.0 Å². The average molecular weight is 215 g/mol. The molecule has 1 aromatic carbocycles. The molecule has 1 aromatic heterocycles. The summed E-state index contributed by atoms with van der Waals surface area (Å²) in [7, 11) is 0. The first-order chi connectivity index (χ1) is 7.79. The molecule has 0 spiro atoms. The maximum absolute atomic E-state index is 9.95. The number of aromatic nitrogens is 1. The van der Waals surface area contributed by atoms with Crippen LogP contribution in [0.3, 0.4) is 0 Å². The Bertz CT molecular complexity index is 387. The topological polar surface area (TPSA) is 53.4 Å². The molecule has 0 amide bonds. The molecule has 2 aromatic rings. The van der Waals surface area contributed by atoms with Crippen LogP contribution in [0.2, 0.25) is 0 Å². The van der Waals surface area contributed by atoms with E-state index in [0.717, 1.165) is 0 Å². The molecule has 3 nitrogen and oxygen atoms in total. The molecule has 2 rings (SSSR count). The maximum Gasteiger partial charge on any atom is 0.126 e. The zero-order chi connectivity index (χ0) is 11.4. The highest BCUT2D eigenvalue weighted by Gasteiger charge is 2.20. The highest BCUT2D eigenvalue weighted by molar-refractivity contribution is 5.21. The number of rotatable bonds is 3. The first kappa shape index (κ1) is 10.8. The van der Waals surface area contributed by atoms with Crippen LogP contribution in [0.15, 0.2) is 54.7 Å². The number of hydrogen-bond donors (Lipinski definition) is 2. The van der Waals surface area contributed by atoms with Crippen LogP contribution in [0.1, 0.15) is 23.5 Å². The molecule has 0 aliphatic rings. The molecule has 0 bridgehead atoms. The van der Waals surface area contributed by atoms with Gasteiger partial charge < -0.3 is 10.2 Å². The Hall–Kier alpha value is -1.71. The van der Waals surface area contributed by atoms with Crippen molar-refractivity contribution < 1.29 is 10.2 Å². The molecular weight excluding hydrogens is 202 g/mol. The summed E-state index contributed by atoms with van der Waals surface area (Å²) < 4.78 is 0. The molecule has 1 heterocycles. The first-order valence-electron chi connectivity index (χ1n) is 5.11. The highest BCUT2D eigenvalue weighted by atomic mass is 16.3. The summed E-state index contributed by atoms with van der Waals surface area (Å²) in [6.45, 7) is 0. The SMILES string of the molecule is O[C@@H](c1ccccc1)[C@@H](O)c1ccccn1. The number of benzene rings is 1. The molecular formula is C13H13NO2. The number of hydrogen-bond acceptors (Lipinski definition) is 3. The minimum atomic E-state index is -0.997. The van der Waals surface area contributed by atoms with Gasteiger partial charge in [-0.3, -0.25) is 4.98 Å². The summed E-state index contributed by atoms with van der Waals surface area (Å²) in [5.41, 5.74) is 1.15. The van der Waals surface area contributed by atoms with E-state index in [1.807, 2.05) is 18.2 Å². The lowest BCUT2D eigenvalue weighted by Crippen LogP contribution is -2.11. The van der Waals surface area contributed by atoms with E-state index in [1.54, 1.807) is 36.5 Å². The van der Waals surface area contributed by atoms with Gasteiger partial charge in [0.2, 0.25) is 0 Å². The lowest BCUT2D eigenvalue weighted by Gasteiger charge is -2.17. The van der Waals surface area contributed by atoms with Crippen LogP contribution in [0.25, 0.3) is 0 Å². The van der Waals surface area contributed by atoms with Gasteiger partial charge in [-0.15, -0.1) is 0 Å². The summed E-state index contributed by atoms with van der Waals surface area (Å²) in [6, 6.07) is 14.3. The molecule has 0 radical (unpaired) electrons. The van der Waals surface area contributed by atoms with Gasteiger partial charge in [-0.05, 0) is 17.7 Å². The fourth-order valence-electron chi connectivity index (χ4n) is 1.55. The van der Waals surface area contributed by atoms with Gasteiger partial charge in [0.05, 0.1) is 5.69 Å². The van der Waals surface area contributed by atoms with Crippen LogP contribution in [-0.2, 0) is 0 Å². The first-order valence-corrected chi connectivity index (χ1v) is 5.11. The average Bonchev–Trinajstić information content (AvgIpc) is 2.39. The van der Waals surface area contributed by atoms with Crippen molar-refractivity contribution in [1.29, 1.82) is 0 Å². The lowest BCUT2D eigenvalue weighted by molar-refractivity contribution is 0.0146. The molecule has 0 unspecified atom stereocenters. The van der Waals surface area contributed by atoms with Gasteiger partial charge >= 0.3 is 0 Å². The van der Waals surface area contributed by atoms with Gasteiger partial charge in [-0.1, -0.05) is 36.4 Å². The minimum Gasteiger partial charge on any atom is -0.385 e. The summed E-state index contributed by atoms with van der Waals surface area (Å²) in [5, 5.41) is 19.9. The molecule has 2 N–H and O–H groups in total. The van der Waals surface area contributed by atoms with E-state index >= 15 is 0 Å². The number of aliphatic hydroxyl groups is 2. The van der Waals surface area contributed by atoms with Gasteiger partial charge in [-0.2, -0.15) is 0 Å². The smallest absolute Gasteiger partial charge is 0.126 e. The number of pyridine rings is 1. The van der Waals surface area contributed by atoms with Gasteiger partial charge in [0.15, 0.2) is 0 Å². The summed E-state index contributed by atoms with van der Waals surface area (Å²) >= 11 is 0. The van der Waals surface area contributed by atoms with E-state index in [2.05, 4.69) is 4.98 Å². The van der Waals surface area contributed by atoms with Crippen LogP contribution in [-0.4, -0.2) is 15.2 Å². The fraction of sp³-hybridized carbons (Fsp3) is 0.154. The molecule has 0 fully saturated rings. The normalized spacial score (nSPS) is 14.4. The highest BCUT2D eigenvalue weighted by Crippen LogP contribution is 2.26. The van der Waals surface area contributed by atoms with Crippen LogP contribution in [0, 0.1) is 0 Å². The number of nitrogens with zero attached hydrogens (tertiary/aromatic N) is 1. The number of aliphatic hydroxyl groups excluding tert-OH is 2. The van der Waals surface area contributed by atoms with Crippen molar-refractivity contribution in [1.82, 2.24) is 4.98 Å². The van der Waals surface area contributed by atoms with Gasteiger partial charge in [0, 0.05) is 6.20 Å². The third kappa shape index (κ3) is 2.27. The third-order valence-corrected chi connectivity index (χ3v) is 2.43. The molecule has 3 heteroatoms. The molecule has 82 valence electrons. The van der Waals surface area contributed by atoms with E-state index in [4.69, 9.17) is 0 Å². The third-order valence-electron chi connectivity index (χ3n) is 2.43. The van der Waals surface area contributed by atoms with Crippen molar-refractivity contribution in [2.24, 2.45) is 0 Å². The molecule has 0 aliphatic carbocycles. The Labute approximate surface area is 94.0 Å². The lowest BCUT2D eigenvalue weighted by atomic mass is 10.0. The summed E-state index contributed by atoms with van der Waals surface area (Å²) in [4.78, 5) is 4.02. The van der Waals surface area contributed by atoms with Gasteiger partial charge in [-0.25, -0.2) is 0 Å². The largest absolute Gasteiger partial charge is 0.385 e. The van der Waals surface area contributed by atoms with Crippen molar-refractivity contribution in [3.8, 4) is 0 Å². The summed E-state index contributed by atoms with van der Waals surface area (Å²) in [6.07, 6.45) is -0.351. The maximum atomic E-state index is 9.95. The van der Waals surface area contributed by atoms with E-state index in [-0.39, 0.29) is 0 Å². The van der Waals surface area contributed by atoms with Crippen LogP contribution < -0.4 is 0 Å². The second-order valence-corrected chi connectivity index (χ2v) is 3.55. The quantitative estimate of drug-likeness (QED) is 0.821. The van der Waals surface area contributed by atoms with Crippen molar-refractivity contribution in [2.45, 2.75) is 12.2 Å². The Morgan fingerprint density at radius 2 is 1.50 bits per heavy atom.